The molecule has 112 valence electrons. The highest BCUT2D eigenvalue weighted by Crippen LogP contribution is 2.41. The third-order valence-corrected chi connectivity index (χ3v) is 5.04. The van der Waals surface area contributed by atoms with Crippen LogP contribution < -0.4 is 4.90 Å². The summed E-state index contributed by atoms with van der Waals surface area (Å²) >= 11 is 1.57. The summed E-state index contributed by atoms with van der Waals surface area (Å²) in [6.45, 7) is 4.20. The number of fused-ring (bicyclic) bond motifs is 1. The van der Waals surface area contributed by atoms with Gasteiger partial charge in [0.2, 0.25) is 5.78 Å². The van der Waals surface area contributed by atoms with Gasteiger partial charge in [-0.3, -0.25) is 4.79 Å². The molecule has 0 atom stereocenters. The standard InChI is InChI=1S/C19H19NOS/c1-12-9-14(20(3)4)10-13(2)16(12)11-18-19(21)15-7-5-6-8-17(15)22-18/h5-11H,1-4H3/b18-11-. The Bertz CT molecular complexity index is 767. The van der Waals surface area contributed by atoms with Crippen LogP contribution in [0.5, 0.6) is 0 Å². The smallest absolute Gasteiger partial charge is 0.200 e. The molecular weight excluding hydrogens is 290 g/mol. The second-order valence-corrected chi connectivity index (χ2v) is 6.91. The molecule has 0 bridgehead atoms. The number of anilines is 1. The van der Waals surface area contributed by atoms with Crippen molar-refractivity contribution in [3.05, 3.63) is 63.6 Å². The summed E-state index contributed by atoms with van der Waals surface area (Å²) in [5.74, 6) is 0.135. The van der Waals surface area contributed by atoms with Gasteiger partial charge in [0.15, 0.2) is 0 Å². The van der Waals surface area contributed by atoms with Gasteiger partial charge in [-0.15, -0.1) is 0 Å². The Labute approximate surface area is 135 Å². The van der Waals surface area contributed by atoms with Crippen LogP contribution in [-0.2, 0) is 0 Å². The predicted octanol–water partition coefficient (Wildman–Crippen LogP) is 4.70. The molecule has 1 aliphatic rings. The van der Waals surface area contributed by atoms with E-state index in [-0.39, 0.29) is 5.78 Å². The maximum Gasteiger partial charge on any atom is 0.200 e. The lowest BCUT2D eigenvalue weighted by Gasteiger charge is -2.16. The van der Waals surface area contributed by atoms with Crippen molar-refractivity contribution < 1.29 is 4.79 Å². The zero-order valence-electron chi connectivity index (χ0n) is 13.3. The molecule has 3 heteroatoms. The quantitative estimate of drug-likeness (QED) is 0.750. The normalized spacial score (nSPS) is 15.3. The van der Waals surface area contributed by atoms with E-state index in [4.69, 9.17) is 0 Å². The number of thioether (sulfide) groups is 1. The summed E-state index contributed by atoms with van der Waals surface area (Å²) in [6, 6.07) is 12.1. The van der Waals surface area contributed by atoms with E-state index in [0.29, 0.717) is 0 Å². The molecule has 1 aliphatic heterocycles. The predicted molar refractivity (Wildman–Crippen MR) is 94.8 cm³/mol. The zero-order chi connectivity index (χ0) is 15.9. The van der Waals surface area contributed by atoms with Gasteiger partial charge >= 0.3 is 0 Å². The molecule has 0 unspecified atom stereocenters. The molecule has 0 aromatic heterocycles. The van der Waals surface area contributed by atoms with Crippen molar-refractivity contribution in [3.63, 3.8) is 0 Å². The van der Waals surface area contributed by atoms with Gasteiger partial charge < -0.3 is 4.90 Å². The Balaban J connectivity index is 2.03. The Morgan fingerprint density at radius 3 is 2.27 bits per heavy atom. The number of carbonyl (C=O) groups is 1. The fraction of sp³-hybridized carbons (Fsp3) is 0.211. The second-order valence-electron chi connectivity index (χ2n) is 5.82. The minimum Gasteiger partial charge on any atom is -0.378 e. The second kappa shape index (κ2) is 5.65. The molecule has 22 heavy (non-hydrogen) atoms. The number of carbonyl (C=O) groups excluding carboxylic acids is 1. The van der Waals surface area contributed by atoms with Crippen molar-refractivity contribution in [2.75, 3.05) is 19.0 Å². The number of rotatable bonds is 2. The van der Waals surface area contributed by atoms with Crippen LogP contribution in [0.25, 0.3) is 6.08 Å². The molecule has 0 spiro atoms. The van der Waals surface area contributed by atoms with Gasteiger partial charge in [0.1, 0.15) is 0 Å². The van der Waals surface area contributed by atoms with Crippen LogP contribution in [0.15, 0.2) is 46.2 Å². The van der Waals surface area contributed by atoms with E-state index >= 15 is 0 Å². The molecule has 0 fully saturated rings. The number of hydrogen-bond acceptors (Lipinski definition) is 3. The molecule has 0 radical (unpaired) electrons. The molecule has 1 heterocycles. The van der Waals surface area contributed by atoms with Gasteiger partial charge in [-0.05, 0) is 60.9 Å². The Hall–Kier alpha value is -2.00. The van der Waals surface area contributed by atoms with Gasteiger partial charge in [-0.1, -0.05) is 23.9 Å². The highest BCUT2D eigenvalue weighted by molar-refractivity contribution is 8.04. The average Bonchev–Trinajstić information content (AvgIpc) is 2.79. The molecule has 0 amide bonds. The number of ketones is 1. The topological polar surface area (TPSA) is 20.3 Å². The van der Waals surface area contributed by atoms with Gasteiger partial charge in [0.25, 0.3) is 0 Å². The molecule has 0 saturated heterocycles. The minimum atomic E-state index is 0.135. The maximum absolute atomic E-state index is 12.5. The van der Waals surface area contributed by atoms with Crippen LogP contribution in [0, 0.1) is 13.8 Å². The first-order chi connectivity index (χ1) is 10.5. The van der Waals surface area contributed by atoms with Crippen molar-refractivity contribution in [1.29, 1.82) is 0 Å². The van der Waals surface area contributed by atoms with Crippen molar-refractivity contribution >= 4 is 29.3 Å². The third kappa shape index (κ3) is 2.57. The first kappa shape index (κ1) is 14.9. The number of nitrogens with zero attached hydrogens (tertiary/aromatic N) is 1. The monoisotopic (exact) mass is 309 g/mol. The fourth-order valence-electron chi connectivity index (χ4n) is 2.70. The average molecular weight is 309 g/mol. The molecule has 0 N–H and O–H groups in total. The lowest BCUT2D eigenvalue weighted by molar-refractivity contribution is 0.104. The van der Waals surface area contributed by atoms with Gasteiger partial charge in [0.05, 0.1) is 4.91 Å². The summed E-state index contributed by atoms with van der Waals surface area (Å²) in [4.78, 5) is 16.5. The molecule has 2 aromatic rings. The summed E-state index contributed by atoms with van der Waals surface area (Å²) in [5, 5.41) is 0. The van der Waals surface area contributed by atoms with Crippen LogP contribution in [0.2, 0.25) is 0 Å². The van der Waals surface area contributed by atoms with Crippen molar-refractivity contribution in [2.45, 2.75) is 18.7 Å². The summed E-state index contributed by atoms with van der Waals surface area (Å²) < 4.78 is 0. The molecule has 3 rings (SSSR count). The van der Waals surface area contributed by atoms with Crippen LogP contribution in [0.3, 0.4) is 0 Å². The van der Waals surface area contributed by atoms with E-state index in [2.05, 4.69) is 30.9 Å². The highest BCUT2D eigenvalue weighted by atomic mass is 32.2. The largest absolute Gasteiger partial charge is 0.378 e. The molecule has 2 nitrogen and oxygen atoms in total. The molecule has 0 saturated carbocycles. The van der Waals surface area contributed by atoms with E-state index in [0.717, 1.165) is 20.9 Å². The number of hydrogen-bond donors (Lipinski definition) is 0. The van der Waals surface area contributed by atoms with Crippen molar-refractivity contribution in [3.8, 4) is 0 Å². The lowest BCUT2D eigenvalue weighted by atomic mass is 10.00. The zero-order valence-corrected chi connectivity index (χ0v) is 14.1. The van der Waals surface area contributed by atoms with Crippen LogP contribution >= 0.6 is 11.8 Å². The molecular formula is C19H19NOS. The Morgan fingerprint density at radius 2 is 1.68 bits per heavy atom. The van der Waals surface area contributed by atoms with Crippen molar-refractivity contribution in [2.24, 2.45) is 0 Å². The number of Topliss-reactive ketones (excluding diaryl/α,β-unsaturated/α-hetero) is 1. The fourth-order valence-corrected chi connectivity index (χ4v) is 3.74. The number of allylic oxidation sites excluding steroid dienone is 1. The van der Waals surface area contributed by atoms with E-state index in [1.165, 1.54) is 16.8 Å². The molecule has 2 aromatic carbocycles. The first-order valence-electron chi connectivity index (χ1n) is 7.29. The van der Waals surface area contributed by atoms with E-state index in [1.54, 1.807) is 11.8 Å². The molecule has 0 aliphatic carbocycles. The lowest BCUT2D eigenvalue weighted by Crippen LogP contribution is -2.09. The van der Waals surface area contributed by atoms with Gasteiger partial charge in [0, 0.05) is 30.2 Å². The SMILES string of the molecule is Cc1cc(N(C)C)cc(C)c1/C=C1\Sc2ccccc2C1=O. The van der Waals surface area contributed by atoms with Gasteiger partial charge in [-0.25, -0.2) is 0 Å². The van der Waals surface area contributed by atoms with E-state index in [9.17, 15) is 4.79 Å². The highest BCUT2D eigenvalue weighted by Gasteiger charge is 2.25. The summed E-state index contributed by atoms with van der Waals surface area (Å²) in [5.41, 5.74) is 5.54. The Kier molecular flexibility index (Phi) is 3.83. The summed E-state index contributed by atoms with van der Waals surface area (Å²) in [7, 11) is 4.08. The van der Waals surface area contributed by atoms with Crippen LogP contribution in [0.4, 0.5) is 5.69 Å². The first-order valence-corrected chi connectivity index (χ1v) is 8.11. The summed E-state index contributed by atoms with van der Waals surface area (Å²) in [6.07, 6.45) is 2.04. The van der Waals surface area contributed by atoms with Crippen molar-refractivity contribution in [1.82, 2.24) is 0 Å². The van der Waals surface area contributed by atoms with E-state index in [1.807, 2.05) is 44.4 Å². The minimum absolute atomic E-state index is 0.135. The van der Waals surface area contributed by atoms with Crippen LogP contribution in [0.1, 0.15) is 27.0 Å². The third-order valence-electron chi connectivity index (χ3n) is 3.95. The van der Waals surface area contributed by atoms with E-state index < -0.39 is 0 Å². The number of aryl methyl sites for hydroxylation is 2. The van der Waals surface area contributed by atoms with Crippen LogP contribution in [-0.4, -0.2) is 19.9 Å². The van der Waals surface area contributed by atoms with Gasteiger partial charge in [-0.2, -0.15) is 0 Å². The maximum atomic E-state index is 12.5. The number of benzene rings is 2. The Morgan fingerprint density at radius 1 is 1.05 bits per heavy atom.